The third kappa shape index (κ3) is 3.33. The molecule has 7 nitrogen and oxygen atoms in total. The molecule has 0 aromatic heterocycles. The van der Waals surface area contributed by atoms with Gasteiger partial charge >= 0.3 is 0 Å². The highest BCUT2D eigenvalue weighted by Crippen LogP contribution is 2.69. The second-order valence-electron chi connectivity index (χ2n) is 11.3. The number of hydrogen-bond donors (Lipinski definition) is 1. The van der Waals surface area contributed by atoms with Crippen LogP contribution in [0.4, 0.5) is 0 Å². The predicted molar refractivity (Wildman–Crippen MR) is 123 cm³/mol. The Kier molecular flexibility index (Phi) is 4.55. The monoisotopic (exact) mass is 439 g/mol. The quantitative estimate of drug-likeness (QED) is 0.760. The molecule has 1 fully saturated rings. The summed E-state index contributed by atoms with van der Waals surface area (Å²) in [6.45, 7) is 13.7. The highest BCUT2D eigenvalue weighted by atomic mass is 16.5. The maximum absolute atomic E-state index is 11.9. The molecular weight excluding hydrogens is 406 g/mol. The van der Waals surface area contributed by atoms with E-state index in [-0.39, 0.29) is 28.5 Å². The van der Waals surface area contributed by atoms with Gasteiger partial charge in [-0.05, 0) is 47.1 Å². The molecule has 7 heteroatoms. The minimum Gasteiger partial charge on any atom is -0.478 e. The molecule has 0 bridgehead atoms. The Hall–Kier alpha value is -2.41. The van der Waals surface area contributed by atoms with Crippen LogP contribution < -0.4 is 0 Å². The number of nitrogens with zero attached hydrogens (tertiary/aromatic N) is 3. The fourth-order valence-electron chi connectivity index (χ4n) is 5.09. The molecule has 4 atom stereocenters. The second-order valence-corrected chi connectivity index (χ2v) is 11.3. The molecule has 1 aliphatic carbocycles. The molecule has 0 amide bonds. The van der Waals surface area contributed by atoms with Crippen LogP contribution in [0.2, 0.25) is 0 Å². The summed E-state index contributed by atoms with van der Waals surface area (Å²) >= 11 is 0. The van der Waals surface area contributed by atoms with Crippen LogP contribution in [0.25, 0.3) is 0 Å². The molecule has 32 heavy (non-hydrogen) atoms. The SMILES string of the molecule is CC1(C)COC([C@@H]2[C@H](C3=NC(C)(C)CO3)C2(C2=NC(C)(C)CO2)C(O)c2ccccc2)=N1. The van der Waals surface area contributed by atoms with Gasteiger partial charge in [0.05, 0.1) is 34.6 Å². The molecule has 2 unspecified atom stereocenters. The van der Waals surface area contributed by atoms with Crippen LogP contribution in [-0.2, 0) is 14.2 Å². The molecule has 1 aromatic rings. The van der Waals surface area contributed by atoms with Crippen molar-refractivity contribution in [3.05, 3.63) is 35.9 Å². The fraction of sp³-hybridized carbons (Fsp3) is 0.640. The predicted octanol–water partition coefficient (Wildman–Crippen LogP) is 3.57. The lowest BCUT2D eigenvalue weighted by Gasteiger charge is -2.24. The van der Waals surface area contributed by atoms with Crippen LogP contribution in [0, 0.1) is 17.3 Å². The van der Waals surface area contributed by atoms with Gasteiger partial charge in [-0.25, -0.2) is 15.0 Å². The Labute approximate surface area is 189 Å². The zero-order chi connectivity index (χ0) is 22.9. The summed E-state index contributed by atoms with van der Waals surface area (Å²) in [6.07, 6.45) is -0.878. The summed E-state index contributed by atoms with van der Waals surface area (Å²) in [5.41, 5.74) is -1.09. The van der Waals surface area contributed by atoms with Crippen molar-refractivity contribution >= 4 is 17.7 Å². The van der Waals surface area contributed by atoms with E-state index in [1.54, 1.807) is 0 Å². The van der Waals surface area contributed by atoms with Crippen molar-refractivity contribution in [1.29, 1.82) is 0 Å². The lowest BCUT2D eigenvalue weighted by Crippen LogP contribution is -2.31. The summed E-state index contributed by atoms with van der Waals surface area (Å²) in [4.78, 5) is 14.7. The Morgan fingerprint density at radius 3 is 1.62 bits per heavy atom. The van der Waals surface area contributed by atoms with Crippen LogP contribution in [0.3, 0.4) is 0 Å². The summed E-state index contributed by atoms with van der Waals surface area (Å²) in [5, 5.41) is 11.9. The average Bonchev–Trinajstić information content (AvgIpc) is 2.93. The van der Waals surface area contributed by atoms with Crippen molar-refractivity contribution in [3.8, 4) is 0 Å². The Morgan fingerprint density at radius 1 is 0.750 bits per heavy atom. The Morgan fingerprint density at radius 2 is 1.22 bits per heavy atom. The van der Waals surface area contributed by atoms with E-state index in [1.807, 2.05) is 71.9 Å². The lowest BCUT2D eigenvalue weighted by molar-refractivity contribution is 0.102. The van der Waals surface area contributed by atoms with Crippen LogP contribution in [0.15, 0.2) is 45.3 Å². The van der Waals surface area contributed by atoms with Gasteiger partial charge in [0.2, 0.25) is 0 Å². The van der Waals surface area contributed by atoms with E-state index in [0.29, 0.717) is 37.5 Å². The van der Waals surface area contributed by atoms with Crippen LogP contribution >= 0.6 is 0 Å². The molecule has 3 heterocycles. The van der Waals surface area contributed by atoms with E-state index >= 15 is 0 Å². The number of ether oxygens (including phenoxy) is 3. The molecule has 4 aliphatic rings. The number of benzene rings is 1. The van der Waals surface area contributed by atoms with Gasteiger partial charge in [-0.1, -0.05) is 30.3 Å². The van der Waals surface area contributed by atoms with Crippen molar-refractivity contribution in [2.75, 3.05) is 19.8 Å². The van der Waals surface area contributed by atoms with Gasteiger partial charge in [0.15, 0.2) is 17.7 Å². The molecule has 0 saturated heterocycles. The molecule has 1 aromatic carbocycles. The Balaban J connectivity index is 1.68. The first-order valence-electron chi connectivity index (χ1n) is 11.4. The van der Waals surface area contributed by atoms with Crippen LogP contribution in [0.1, 0.15) is 53.2 Å². The van der Waals surface area contributed by atoms with Crippen molar-refractivity contribution in [2.45, 2.75) is 64.3 Å². The summed E-state index contributed by atoms with van der Waals surface area (Å²) in [6, 6.07) is 9.67. The first-order valence-corrected chi connectivity index (χ1v) is 11.4. The molecule has 1 saturated carbocycles. The zero-order valence-electron chi connectivity index (χ0n) is 19.8. The van der Waals surface area contributed by atoms with Crippen molar-refractivity contribution in [1.82, 2.24) is 0 Å². The third-order valence-electron chi connectivity index (χ3n) is 6.66. The summed E-state index contributed by atoms with van der Waals surface area (Å²) in [7, 11) is 0. The van der Waals surface area contributed by atoms with E-state index in [1.165, 1.54) is 0 Å². The standard InChI is InChI=1S/C25H33N3O4/c1-22(2)12-30-19(26-22)16-17(20-27-23(3,4)13-31-20)25(16,21-28-24(5,6)14-32-21)18(29)15-10-8-7-9-11-15/h7-11,16-18,29H,12-14H2,1-6H3/t16-,17+,18?,25?. The van der Waals surface area contributed by atoms with E-state index < -0.39 is 11.5 Å². The largest absolute Gasteiger partial charge is 0.478 e. The van der Waals surface area contributed by atoms with Gasteiger partial charge in [-0.3, -0.25) is 0 Å². The molecule has 0 radical (unpaired) electrons. The first-order chi connectivity index (χ1) is 15.0. The van der Waals surface area contributed by atoms with Crippen molar-refractivity contribution < 1.29 is 19.3 Å². The minimum atomic E-state index is -0.881. The van der Waals surface area contributed by atoms with E-state index in [4.69, 9.17) is 29.2 Å². The number of rotatable bonds is 5. The molecule has 3 aliphatic heterocycles. The van der Waals surface area contributed by atoms with E-state index in [2.05, 4.69) is 0 Å². The number of aliphatic hydroxyl groups is 1. The van der Waals surface area contributed by atoms with Crippen molar-refractivity contribution in [3.63, 3.8) is 0 Å². The van der Waals surface area contributed by atoms with Crippen LogP contribution in [-0.4, -0.2) is 59.2 Å². The highest BCUT2D eigenvalue weighted by Gasteiger charge is 2.79. The van der Waals surface area contributed by atoms with E-state index in [9.17, 15) is 5.11 Å². The zero-order valence-corrected chi connectivity index (χ0v) is 19.8. The van der Waals surface area contributed by atoms with Gasteiger partial charge in [0.25, 0.3) is 0 Å². The van der Waals surface area contributed by atoms with Gasteiger partial charge in [0, 0.05) is 0 Å². The first kappa shape index (κ1) is 21.4. The molecule has 0 spiro atoms. The van der Waals surface area contributed by atoms with E-state index in [0.717, 1.165) is 5.56 Å². The van der Waals surface area contributed by atoms with Gasteiger partial charge < -0.3 is 19.3 Å². The third-order valence-corrected chi connectivity index (χ3v) is 6.66. The normalized spacial score (nSPS) is 34.5. The topological polar surface area (TPSA) is 85.0 Å². The highest BCUT2D eigenvalue weighted by molar-refractivity contribution is 6.07. The molecule has 5 rings (SSSR count). The number of aliphatic hydroxyl groups excluding tert-OH is 1. The lowest BCUT2D eigenvalue weighted by atomic mass is 9.88. The second kappa shape index (κ2) is 6.80. The van der Waals surface area contributed by atoms with Crippen LogP contribution in [0.5, 0.6) is 0 Å². The minimum absolute atomic E-state index is 0.264. The van der Waals surface area contributed by atoms with Gasteiger partial charge in [0.1, 0.15) is 25.2 Å². The maximum atomic E-state index is 11.9. The molecular formula is C25H33N3O4. The number of hydrogen-bond acceptors (Lipinski definition) is 7. The number of aliphatic imine (C=N–C) groups is 3. The smallest absolute Gasteiger partial charge is 0.195 e. The van der Waals surface area contributed by atoms with Gasteiger partial charge in [-0.2, -0.15) is 0 Å². The summed E-state index contributed by atoms with van der Waals surface area (Å²) < 4.78 is 18.4. The Bertz CT molecular complexity index is 969. The van der Waals surface area contributed by atoms with Crippen molar-refractivity contribution in [2.24, 2.45) is 32.2 Å². The fourth-order valence-corrected chi connectivity index (χ4v) is 5.09. The molecule has 172 valence electrons. The average molecular weight is 440 g/mol. The maximum Gasteiger partial charge on any atom is 0.195 e. The van der Waals surface area contributed by atoms with Gasteiger partial charge in [-0.15, -0.1) is 0 Å². The molecule has 1 N–H and O–H groups in total. The summed E-state index contributed by atoms with van der Waals surface area (Å²) in [5.74, 6) is 1.27.